The van der Waals surface area contributed by atoms with Gasteiger partial charge in [-0.2, -0.15) is 0 Å². The van der Waals surface area contributed by atoms with Crippen molar-refractivity contribution in [2.75, 3.05) is 19.8 Å². The Morgan fingerprint density at radius 2 is 2.25 bits per heavy atom. The van der Waals surface area contributed by atoms with Gasteiger partial charge in [0.25, 0.3) is 0 Å². The SMILES string of the molecule is NNCC1(N)COC1. The van der Waals surface area contributed by atoms with Crippen LogP contribution in [0.3, 0.4) is 0 Å². The monoisotopic (exact) mass is 117 g/mol. The molecule has 48 valence electrons. The topological polar surface area (TPSA) is 73.3 Å². The Bertz CT molecular complexity index is 81.4. The molecule has 0 aliphatic carbocycles. The fraction of sp³-hybridized carbons (Fsp3) is 1.00. The number of rotatable bonds is 2. The Kier molecular flexibility index (Phi) is 1.48. The zero-order chi connectivity index (χ0) is 6.04. The molecular weight excluding hydrogens is 106 g/mol. The summed E-state index contributed by atoms with van der Waals surface area (Å²) in [6, 6.07) is 0. The van der Waals surface area contributed by atoms with Gasteiger partial charge in [-0.3, -0.25) is 11.3 Å². The van der Waals surface area contributed by atoms with Crippen molar-refractivity contribution < 1.29 is 4.74 Å². The number of ether oxygens (including phenoxy) is 1. The molecule has 0 saturated carbocycles. The van der Waals surface area contributed by atoms with Gasteiger partial charge < -0.3 is 10.5 Å². The van der Waals surface area contributed by atoms with E-state index in [1.54, 1.807) is 0 Å². The predicted octanol–water partition coefficient (Wildman–Crippen LogP) is -1.82. The van der Waals surface area contributed by atoms with Crippen LogP contribution in [0, 0.1) is 0 Å². The lowest BCUT2D eigenvalue weighted by atomic mass is 10.00. The molecule has 0 aromatic heterocycles. The molecule has 0 amide bonds. The van der Waals surface area contributed by atoms with Crippen LogP contribution in [0.25, 0.3) is 0 Å². The summed E-state index contributed by atoms with van der Waals surface area (Å²) in [5.74, 6) is 5.04. The van der Waals surface area contributed by atoms with Crippen molar-refractivity contribution in [3.8, 4) is 0 Å². The van der Waals surface area contributed by atoms with Gasteiger partial charge in [0.05, 0.1) is 18.8 Å². The summed E-state index contributed by atoms with van der Waals surface area (Å²) < 4.78 is 4.87. The van der Waals surface area contributed by atoms with Gasteiger partial charge in [0, 0.05) is 6.54 Å². The lowest BCUT2D eigenvalue weighted by Gasteiger charge is -2.37. The van der Waals surface area contributed by atoms with E-state index in [-0.39, 0.29) is 5.54 Å². The van der Waals surface area contributed by atoms with Crippen LogP contribution in [-0.4, -0.2) is 25.3 Å². The number of nitrogens with two attached hydrogens (primary N) is 2. The van der Waals surface area contributed by atoms with Crippen LogP contribution in [0.5, 0.6) is 0 Å². The molecule has 1 saturated heterocycles. The molecule has 1 rings (SSSR count). The van der Waals surface area contributed by atoms with Crippen molar-refractivity contribution in [2.24, 2.45) is 11.6 Å². The predicted molar refractivity (Wildman–Crippen MR) is 29.9 cm³/mol. The summed E-state index contributed by atoms with van der Waals surface area (Å²) in [6.07, 6.45) is 0. The maximum atomic E-state index is 5.65. The van der Waals surface area contributed by atoms with E-state index in [2.05, 4.69) is 5.43 Å². The third kappa shape index (κ3) is 0.976. The number of hydrazine groups is 1. The van der Waals surface area contributed by atoms with E-state index in [4.69, 9.17) is 16.3 Å². The summed E-state index contributed by atoms with van der Waals surface area (Å²) in [6.45, 7) is 1.88. The summed E-state index contributed by atoms with van der Waals surface area (Å²) in [5, 5.41) is 0. The van der Waals surface area contributed by atoms with Crippen LogP contribution in [0.1, 0.15) is 0 Å². The molecule has 0 aromatic carbocycles. The molecule has 1 aliphatic rings. The van der Waals surface area contributed by atoms with Gasteiger partial charge in [-0.1, -0.05) is 0 Å². The van der Waals surface area contributed by atoms with Gasteiger partial charge in [-0.05, 0) is 0 Å². The van der Waals surface area contributed by atoms with Crippen LogP contribution in [-0.2, 0) is 4.74 Å². The van der Waals surface area contributed by atoms with E-state index in [1.807, 2.05) is 0 Å². The average Bonchev–Trinajstić information content (AvgIpc) is 1.64. The molecule has 1 aliphatic heterocycles. The Labute approximate surface area is 48.1 Å². The molecule has 0 aromatic rings. The summed E-state index contributed by atoms with van der Waals surface area (Å²) in [7, 11) is 0. The molecule has 0 radical (unpaired) electrons. The maximum absolute atomic E-state index is 5.65. The molecule has 0 bridgehead atoms. The highest BCUT2D eigenvalue weighted by Crippen LogP contribution is 2.10. The average molecular weight is 117 g/mol. The standard InChI is InChI=1S/C4H11N3O/c5-4(1-7-6)2-8-3-4/h7H,1-3,5-6H2. The molecule has 4 heteroatoms. The third-order valence-electron chi connectivity index (χ3n) is 1.23. The van der Waals surface area contributed by atoms with Crippen molar-refractivity contribution in [2.45, 2.75) is 5.54 Å². The molecular formula is C4H11N3O. The molecule has 5 N–H and O–H groups in total. The largest absolute Gasteiger partial charge is 0.377 e. The van der Waals surface area contributed by atoms with Crippen LogP contribution < -0.4 is 17.0 Å². The first-order chi connectivity index (χ1) is 3.77. The second kappa shape index (κ2) is 1.99. The second-order valence-corrected chi connectivity index (χ2v) is 2.24. The van der Waals surface area contributed by atoms with Crippen LogP contribution in [0.2, 0.25) is 0 Å². The zero-order valence-electron chi connectivity index (χ0n) is 4.68. The van der Waals surface area contributed by atoms with E-state index in [1.165, 1.54) is 0 Å². The van der Waals surface area contributed by atoms with E-state index in [0.717, 1.165) is 0 Å². The van der Waals surface area contributed by atoms with Crippen LogP contribution in [0.15, 0.2) is 0 Å². The lowest BCUT2D eigenvalue weighted by molar-refractivity contribution is -0.0520. The van der Waals surface area contributed by atoms with Gasteiger partial charge in [0.15, 0.2) is 0 Å². The van der Waals surface area contributed by atoms with Crippen LogP contribution >= 0.6 is 0 Å². The highest BCUT2D eigenvalue weighted by molar-refractivity contribution is 4.91. The zero-order valence-corrected chi connectivity index (χ0v) is 4.68. The van der Waals surface area contributed by atoms with Crippen molar-refractivity contribution >= 4 is 0 Å². The summed E-state index contributed by atoms with van der Waals surface area (Å²) in [4.78, 5) is 0. The molecule has 8 heavy (non-hydrogen) atoms. The van der Waals surface area contributed by atoms with Crippen molar-refractivity contribution in [1.82, 2.24) is 5.43 Å². The minimum absolute atomic E-state index is 0.186. The third-order valence-corrected chi connectivity index (χ3v) is 1.23. The first-order valence-electron chi connectivity index (χ1n) is 2.57. The Balaban J connectivity index is 2.20. The molecule has 4 nitrogen and oxygen atoms in total. The van der Waals surface area contributed by atoms with E-state index in [9.17, 15) is 0 Å². The molecule has 0 spiro atoms. The highest BCUT2D eigenvalue weighted by Gasteiger charge is 2.33. The van der Waals surface area contributed by atoms with Gasteiger partial charge in [0.1, 0.15) is 0 Å². The van der Waals surface area contributed by atoms with E-state index >= 15 is 0 Å². The lowest BCUT2D eigenvalue weighted by Crippen LogP contribution is -2.63. The maximum Gasteiger partial charge on any atom is 0.0768 e. The molecule has 1 fully saturated rings. The molecule has 0 unspecified atom stereocenters. The first-order valence-corrected chi connectivity index (χ1v) is 2.57. The number of hydrogen-bond acceptors (Lipinski definition) is 4. The normalized spacial score (nSPS) is 24.8. The van der Waals surface area contributed by atoms with Gasteiger partial charge in [-0.15, -0.1) is 0 Å². The molecule has 1 heterocycles. The van der Waals surface area contributed by atoms with Crippen molar-refractivity contribution in [1.29, 1.82) is 0 Å². The Morgan fingerprint density at radius 1 is 1.62 bits per heavy atom. The second-order valence-electron chi connectivity index (χ2n) is 2.24. The van der Waals surface area contributed by atoms with Crippen molar-refractivity contribution in [3.63, 3.8) is 0 Å². The first kappa shape index (κ1) is 5.97. The number of hydrogen-bond donors (Lipinski definition) is 3. The van der Waals surface area contributed by atoms with Crippen LogP contribution in [0.4, 0.5) is 0 Å². The summed E-state index contributed by atoms with van der Waals surface area (Å²) >= 11 is 0. The minimum Gasteiger partial charge on any atom is -0.377 e. The smallest absolute Gasteiger partial charge is 0.0768 e. The summed E-state index contributed by atoms with van der Waals surface area (Å²) in [5.41, 5.74) is 7.97. The van der Waals surface area contributed by atoms with E-state index in [0.29, 0.717) is 19.8 Å². The van der Waals surface area contributed by atoms with Gasteiger partial charge in [0.2, 0.25) is 0 Å². The quantitative estimate of drug-likeness (QED) is 0.294. The number of nitrogens with one attached hydrogen (secondary N) is 1. The molecule has 0 atom stereocenters. The minimum atomic E-state index is -0.186. The highest BCUT2D eigenvalue weighted by atomic mass is 16.5. The Morgan fingerprint density at radius 3 is 2.38 bits per heavy atom. The fourth-order valence-corrected chi connectivity index (χ4v) is 0.670. The Hall–Kier alpha value is -0.160. The van der Waals surface area contributed by atoms with Gasteiger partial charge in [-0.25, -0.2) is 0 Å². The van der Waals surface area contributed by atoms with E-state index < -0.39 is 0 Å². The fourth-order valence-electron chi connectivity index (χ4n) is 0.670. The van der Waals surface area contributed by atoms with Crippen molar-refractivity contribution in [3.05, 3.63) is 0 Å². The van der Waals surface area contributed by atoms with Gasteiger partial charge >= 0.3 is 0 Å².